The van der Waals surface area contributed by atoms with Gasteiger partial charge in [0.1, 0.15) is 11.6 Å². The minimum atomic E-state index is -0.211. The molecule has 0 aliphatic rings. The van der Waals surface area contributed by atoms with Crippen molar-refractivity contribution in [2.24, 2.45) is 0 Å². The Hall–Kier alpha value is -1.83. The van der Waals surface area contributed by atoms with Crippen molar-refractivity contribution in [1.82, 2.24) is 0 Å². The molecule has 0 aliphatic heterocycles. The molecule has 2 aromatic rings. The fraction of sp³-hybridized carbons (Fsp3) is 0.368. The molecule has 116 valence electrons. The highest BCUT2D eigenvalue weighted by atomic mass is 19.1. The number of halogens is 1. The maximum atomic E-state index is 12.9. The van der Waals surface area contributed by atoms with Gasteiger partial charge in [0.25, 0.3) is 0 Å². The van der Waals surface area contributed by atoms with Gasteiger partial charge in [-0.2, -0.15) is 0 Å². The van der Waals surface area contributed by atoms with E-state index in [1.54, 1.807) is 19.2 Å². The van der Waals surface area contributed by atoms with E-state index in [0.29, 0.717) is 0 Å². The summed E-state index contributed by atoms with van der Waals surface area (Å²) < 4.78 is 18.2. The Morgan fingerprint density at radius 1 is 0.810 bits per heavy atom. The number of hydrogen-bond donors (Lipinski definition) is 0. The fourth-order valence-corrected chi connectivity index (χ4v) is 1.95. The van der Waals surface area contributed by atoms with Crippen LogP contribution in [0.25, 0.3) is 11.1 Å². The van der Waals surface area contributed by atoms with Crippen LogP contribution >= 0.6 is 0 Å². The van der Waals surface area contributed by atoms with Crippen LogP contribution in [0.5, 0.6) is 5.75 Å². The molecule has 2 heteroatoms. The van der Waals surface area contributed by atoms with Crippen LogP contribution in [0.1, 0.15) is 38.8 Å². The molecule has 0 radical (unpaired) electrons. The summed E-state index contributed by atoms with van der Waals surface area (Å²) in [4.78, 5) is 0. The zero-order valence-electron chi connectivity index (χ0n) is 14.3. The first-order chi connectivity index (χ1) is 10.1. The summed E-state index contributed by atoms with van der Waals surface area (Å²) in [5.74, 6) is 0.671. The van der Waals surface area contributed by atoms with Gasteiger partial charge in [-0.25, -0.2) is 4.39 Å². The van der Waals surface area contributed by atoms with Crippen molar-refractivity contribution in [3.8, 4) is 16.9 Å². The zero-order chi connectivity index (χ0) is 16.4. The fourth-order valence-electron chi connectivity index (χ4n) is 1.95. The first kappa shape index (κ1) is 19.2. The normalized spacial score (nSPS) is 8.95. The van der Waals surface area contributed by atoms with E-state index in [9.17, 15) is 4.39 Å². The van der Waals surface area contributed by atoms with Gasteiger partial charge >= 0.3 is 0 Å². The second-order valence-electron chi connectivity index (χ2n) is 4.14. The molecule has 0 N–H and O–H groups in total. The Balaban J connectivity index is 0.000000921. The highest BCUT2D eigenvalue weighted by Gasteiger charge is 2.06. The maximum Gasteiger partial charge on any atom is 0.123 e. The first-order valence-corrected chi connectivity index (χ1v) is 7.53. The van der Waals surface area contributed by atoms with E-state index in [2.05, 4.69) is 6.07 Å². The van der Waals surface area contributed by atoms with Crippen LogP contribution in [-0.2, 0) is 0 Å². The van der Waals surface area contributed by atoms with E-state index in [1.165, 1.54) is 12.1 Å². The van der Waals surface area contributed by atoms with Crippen molar-refractivity contribution in [3.05, 3.63) is 53.3 Å². The van der Waals surface area contributed by atoms with Gasteiger partial charge < -0.3 is 4.74 Å². The third kappa shape index (κ3) is 5.22. The van der Waals surface area contributed by atoms with E-state index in [-0.39, 0.29) is 5.82 Å². The highest BCUT2D eigenvalue weighted by Crippen LogP contribution is 2.29. The van der Waals surface area contributed by atoms with Gasteiger partial charge in [-0.1, -0.05) is 39.8 Å². The molecule has 0 aliphatic carbocycles. The molecule has 0 bridgehead atoms. The monoisotopic (exact) mass is 290 g/mol. The Labute approximate surface area is 128 Å². The molecule has 0 saturated carbocycles. The van der Waals surface area contributed by atoms with Crippen LogP contribution in [0.3, 0.4) is 0 Å². The number of methoxy groups -OCH3 is 1. The van der Waals surface area contributed by atoms with E-state index >= 15 is 0 Å². The Bertz CT molecular complexity index is 530. The lowest BCUT2D eigenvalue weighted by Crippen LogP contribution is -1.91. The van der Waals surface area contributed by atoms with Crippen molar-refractivity contribution in [1.29, 1.82) is 0 Å². The summed E-state index contributed by atoms with van der Waals surface area (Å²) in [6, 6.07) is 10.6. The summed E-state index contributed by atoms with van der Waals surface area (Å²) in [7, 11) is 1.67. The molecule has 0 atom stereocenters. The van der Waals surface area contributed by atoms with Gasteiger partial charge in [-0.3, -0.25) is 0 Å². The SMILES string of the molecule is CC.CC.COc1cc(C)c(-c2ccc(F)cc2)cc1C. The smallest absolute Gasteiger partial charge is 0.123 e. The van der Waals surface area contributed by atoms with E-state index < -0.39 is 0 Å². The predicted octanol–water partition coefficient (Wildman–Crippen LogP) is 6.17. The Morgan fingerprint density at radius 3 is 1.81 bits per heavy atom. The van der Waals surface area contributed by atoms with Gasteiger partial charge in [-0.15, -0.1) is 0 Å². The molecule has 1 nitrogen and oxygen atoms in total. The van der Waals surface area contributed by atoms with E-state index in [4.69, 9.17) is 4.74 Å². The van der Waals surface area contributed by atoms with Crippen LogP contribution < -0.4 is 4.74 Å². The lowest BCUT2D eigenvalue weighted by atomic mass is 9.98. The van der Waals surface area contributed by atoms with Crippen molar-refractivity contribution in [2.45, 2.75) is 41.5 Å². The minimum Gasteiger partial charge on any atom is -0.496 e. The molecule has 2 aromatic carbocycles. The molecule has 21 heavy (non-hydrogen) atoms. The summed E-state index contributed by atoms with van der Waals surface area (Å²) in [5, 5.41) is 0. The number of aryl methyl sites for hydroxylation is 2. The molecule has 0 amide bonds. The second kappa shape index (κ2) is 9.98. The Kier molecular flexibility index (Phi) is 9.11. The summed E-state index contributed by atoms with van der Waals surface area (Å²) in [5.41, 5.74) is 4.34. The van der Waals surface area contributed by atoms with E-state index in [0.717, 1.165) is 28.0 Å². The number of hydrogen-bond acceptors (Lipinski definition) is 1. The number of rotatable bonds is 2. The van der Waals surface area contributed by atoms with Crippen molar-refractivity contribution >= 4 is 0 Å². The Morgan fingerprint density at radius 2 is 1.33 bits per heavy atom. The van der Waals surface area contributed by atoms with Gasteiger partial charge in [0.05, 0.1) is 7.11 Å². The largest absolute Gasteiger partial charge is 0.496 e. The lowest BCUT2D eigenvalue weighted by Gasteiger charge is -2.11. The summed E-state index contributed by atoms with van der Waals surface area (Å²) in [6.07, 6.45) is 0. The van der Waals surface area contributed by atoms with E-state index in [1.807, 2.05) is 47.6 Å². The molecule has 0 fully saturated rings. The van der Waals surface area contributed by atoms with Crippen molar-refractivity contribution in [3.63, 3.8) is 0 Å². The van der Waals surface area contributed by atoms with Crippen LogP contribution in [0.2, 0.25) is 0 Å². The molecular formula is C19H27FO. The number of ether oxygens (including phenoxy) is 1. The van der Waals surface area contributed by atoms with Crippen LogP contribution in [0.15, 0.2) is 36.4 Å². The summed E-state index contributed by atoms with van der Waals surface area (Å²) in [6.45, 7) is 12.0. The lowest BCUT2D eigenvalue weighted by molar-refractivity contribution is 0.411. The predicted molar refractivity (Wildman–Crippen MR) is 90.6 cm³/mol. The third-order valence-corrected chi connectivity index (χ3v) is 2.90. The van der Waals surface area contributed by atoms with Crippen LogP contribution in [0, 0.1) is 19.7 Å². The van der Waals surface area contributed by atoms with Crippen LogP contribution in [0.4, 0.5) is 4.39 Å². The summed E-state index contributed by atoms with van der Waals surface area (Å²) >= 11 is 0. The molecule has 0 aromatic heterocycles. The quantitative estimate of drug-likeness (QED) is 0.642. The molecule has 0 spiro atoms. The topological polar surface area (TPSA) is 9.23 Å². The average molecular weight is 290 g/mol. The van der Waals surface area contributed by atoms with Gasteiger partial charge in [0.15, 0.2) is 0 Å². The van der Waals surface area contributed by atoms with Crippen molar-refractivity contribution in [2.75, 3.05) is 7.11 Å². The van der Waals surface area contributed by atoms with Gasteiger partial charge in [-0.05, 0) is 60.4 Å². The highest BCUT2D eigenvalue weighted by molar-refractivity contribution is 5.69. The van der Waals surface area contributed by atoms with Crippen molar-refractivity contribution < 1.29 is 9.13 Å². The van der Waals surface area contributed by atoms with Crippen LogP contribution in [-0.4, -0.2) is 7.11 Å². The molecule has 0 unspecified atom stereocenters. The average Bonchev–Trinajstić information content (AvgIpc) is 2.54. The minimum absolute atomic E-state index is 0.211. The molecule has 2 rings (SSSR count). The molecular weight excluding hydrogens is 263 g/mol. The third-order valence-electron chi connectivity index (χ3n) is 2.90. The maximum absolute atomic E-state index is 12.9. The standard InChI is InChI=1S/C15H15FO.2C2H6/c1-10-9-15(17-3)11(2)8-14(10)12-4-6-13(16)7-5-12;2*1-2/h4-9H,1-3H3;2*1-2H3. The zero-order valence-corrected chi connectivity index (χ0v) is 14.3. The second-order valence-corrected chi connectivity index (χ2v) is 4.14. The van der Waals surface area contributed by atoms with Gasteiger partial charge in [0, 0.05) is 0 Å². The molecule has 0 heterocycles. The first-order valence-electron chi connectivity index (χ1n) is 7.53. The number of benzene rings is 2. The molecule has 0 saturated heterocycles. The van der Waals surface area contributed by atoms with Gasteiger partial charge in [0.2, 0.25) is 0 Å².